The Balaban J connectivity index is 2.30. The van der Waals surface area contributed by atoms with Gasteiger partial charge in [0, 0.05) is 39.4 Å². The standard InChI is InChI=1S/C23H35FN4O4/c1-8-16(3)14-17(21(29)31-9-2)19-25-20(18(24)15-26(19)7)27-10-12-28(13-11-27)22(30)32-23(4,5)6/h14-15H,8-13H2,1-7H3/b16-14?,19-17+. The zero-order valence-corrected chi connectivity index (χ0v) is 20.2. The van der Waals surface area contributed by atoms with Gasteiger partial charge in [-0.2, -0.15) is 0 Å². The Hall–Kier alpha value is -2.84. The molecular weight excluding hydrogens is 415 g/mol. The molecule has 0 atom stereocenters. The maximum absolute atomic E-state index is 14.9. The van der Waals surface area contributed by atoms with Crippen molar-refractivity contribution < 1.29 is 23.5 Å². The Morgan fingerprint density at radius 3 is 2.34 bits per heavy atom. The van der Waals surface area contributed by atoms with Crippen LogP contribution in [0.3, 0.4) is 0 Å². The first-order valence-electron chi connectivity index (χ1n) is 11.0. The molecule has 178 valence electrons. The quantitative estimate of drug-likeness (QED) is 0.479. The molecule has 0 aromatic heterocycles. The highest BCUT2D eigenvalue weighted by molar-refractivity contribution is 5.99. The summed E-state index contributed by atoms with van der Waals surface area (Å²) in [6.07, 6.45) is 3.42. The van der Waals surface area contributed by atoms with Crippen molar-refractivity contribution in [2.24, 2.45) is 4.99 Å². The molecule has 32 heavy (non-hydrogen) atoms. The number of hydrogen-bond donors (Lipinski definition) is 0. The molecule has 1 saturated heterocycles. The van der Waals surface area contributed by atoms with Gasteiger partial charge in [0.2, 0.25) is 0 Å². The third-order valence-corrected chi connectivity index (χ3v) is 4.98. The molecule has 0 spiro atoms. The van der Waals surface area contributed by atoms with Crippen molar-refractivity contribution in [1.82, 2.24) is 14.7 Å². The minimum atomic E-state index is -0.575. The number of carbonyl (C=O) groups excluding carboxylic acids is 2. The Bertz CT molecular complexity index is 847. The monoisotopic (exact) mass is 450 g/mol. The number of amides is 1. The number of nitrogens with zero attached hydrogens (tertiary/aromatic N) is 4. The van der Waals surface area contributed by atoms with Crippen LogP contribution in [-0.4, -0.2) is 78.0 Å². The van der Waals surface area contributed by atoms with Crippen LogP contribution in [0.15, 0.2) is 40.1 Å². The molecule has 0 aromatic carbocycles. The average Bonchev–Trinajstić information content (AvgIpc) is 2.71. The van der Waals surface area contributed by atoms with Crippen LogP contribution in [0, 0.1) is 0 Å². The lowest BCUT2D eigenvalue weighted by molar-refractivity contribution is -0.138. The molecule has 2 aliphatic rings. The van der Waals surface area contributed by atoms with Gasteiger partial charge in [0.15, 0.2) is 11.7 Å². The number of halogens is 1. The van der Waals surface area contributed by atoms with Crippen molar-refractivity contribution in [2.75, 3.05) is 39.8 Å². The van der Waals surface area contributed by atoms with Crippen LogP contribution in [0.2, 0.25) is 0 Å². The third-order valence-electron chi connectivity index (χ3n) is 4.98. The summed E-state index contributed by atoms with van der Waals surface area (Å²) in [6, 6.07) is 0. The largest absolute Gasteiger partial charge is 0.462 e. The number of esters is 1. The van der Waals surface area contributed by atoms with E-state index in [9.17, 15) is 14.0 Å². The van der Waals surface area contributed by atoms with Crippen LogP contribution in [-0.2, 0) is 14.3 Å². The van der Waals surface area contributed by atoms with Crippen molar-refractivity contribution in [3.63, 3.8) is 0 Å². The molecule has 1 fully saturated rings. The number of aliphatic imine (C=N–C) groups is 1. The number of carbonyl (C=O) groups is 2. The lowest BCUT2D eigenvalue weighted by atomic mass is 10.1. The summed E-state index contributed by atoms with van der Waals surface area (Å²) in [5, 5.41) is 0. The van der Waals surface area contributed by atoms with Gasteiger partial charge in [-0.1, -0.05) is 12.5 Å². The summed E-state index contributed by atoms with van der Waals surface area (Å²) in [4.78, 5) is 34.3. The van der Waals surface area contributed by atoms with E-state index in [1.807, 2.05) is 34.6 Å². The maximum Gasteiger partial charge on any atom is 0.410 e. The second-order valence-corrected chi connectivity index (χ2v) is 8.78. The van der Waals surface area contributed by atoms with Crippen molar-refractivity contribution >= 4 is 17.9 Å². The highest BCUT2D eigenvalue weighted by atomic mass is 19.1. The zero-order chi connectivity index (χ0) is 24.1. The predicted molar refractivity (Wildman–Crippen MR) is 121 cm³/mol. The van der Waals surface area contributed by atoms with Crippen molar-refractivity contribution in [1.29, 1.82) is 0 Å². The first kappa shape index (κ1) is 25.4. The van der Waals surface area contributed by atoms with E-state index in [0.717, 1.165) is 12.0 Å². The zero-order valence-electron chi connectivity index (χ0n) is 20.2. The lowest BCUT2D eigenvalue weighted by Gasteiger charge is -2.37. The number of amidine groups is 1. The predicted octanol–water partition coefficient (Wildman–Crippen LogP) is 3.82. The smallest absolute Gasteiger partial charge is 0.410 e. The molecule has 2 rings (SSSR count). The van der Waals surface area contributed by atoms with Crippen LogP contribution < -0.4 is 0 Å². The van der Waals surface area contributed by atoms with Gasteiger partial charge in [0.25, 0.3) is 0 Å². The van der Waals surface area contributed by atoms with Gasteiger partial charge in [-0.15, -0.1) is 0 Å². The number of piperazine rings is 1. The SMILES string of the molecule is CCOC(=O)/C(C=C(C)CC)=C1\N=C(N2CCN(C(=O)OC(C)(C)C)CC2)C(F)=CN1C. The molecule has 0 radical (unpaired) electrons. The molecule has 2 heterocycles. The van der Waals surface area contributed by atoms with Crippen LogP contribution in [0.5, 0.6) is 0 Å². The molecule has 0 unspecified atom stereocenters. The molecule has 8 nitrogen and oxygen atoms in total. The molecule has 0 N–H and O–H groups in total. The molecular formula is C23H35FN4O4. The molecule has 9 heteroatoms. The van der Waals surface area contributed by atoms with Gasteiger partial charge < -0.3 is 24.2 Å². The summed E-state index contributed by atoms with van der Waals surface area (Å²) < 4.78 is 25.5. The van der Waals surface area contributed by atoms with Crippen LogP contribution in [0.1, 0.15) is 48.0 Å². The van der Waals surface area contributed by atoms with E-state index in [0.29, 0.717) is 32.0 Å². The molecule has 0 aliphatic carbocycles. The van der Waals surface area contributed by atoms with Crippen molar-refractivity contribution in [2.45, 2.75) is 53.6 Å². The van der Waals surface area contributed by atoms with Gasteiger partial charge >= 0.3 is 12.1 Å². The van der Waals surface area contributed by atoms with Gasteiger partial charge in [-0.05, 0) is 47.1 Å². The fourth-order valence-corrected chi connectivity index (χ4v) is 3.19. The van der Waals surface area contributed by atoms with E-state index in [1.165, 1.54) is 11.1 Å². The average molecular weight is 451 g/mol. The topological polar surface area (TPSA) is 74.7 Å². The van der Waals surface area contributed by atoms with Gasteiger partial charge in [0.1, 0.15) is 17.0 Å². The van der Waals surface area contributed by atoms with Gasteiger partial charge in [-0.3, -0.25) is 0 Å². The number of ether oxygens (including phenoxy) is 2. The summed E-state index contributed by atoms with van der Waals surface area (Å²) in [5.74, 6) is -0.536. The minimum Gasteiger partial charge on any atom is -0.462 e. The number of allylic oxidation sites excluding steroid dienone is 1. The Morgan fingerprint density at radius 1 is 1.19 bits per heavy atom. The Labute approximate surface area is 190 Å². The van der Waals surface area contributed by atoms with Gasteiger partial charge in [-0.25, -0.2) is 19.0 Å². The molecule has 0 bridgehead atoms. The molecule has 0 saturated carbocycles. The third kappa shape index (κ3) is 6.58. The van der Waals surface area contributed by atoms with E-state index in [1.54, 1.807) is 29.8 Å². The summed E-state index contributed by atoms with van der Waals surface area (Å²) in [7, 11) is 1.64. The molecule has 0 aromatic rings. The van der Waals surface area contributed by atoms with Crippen LogP contribution in [0.4, 0.5) is 9.18 Å². The molecule has 2 aliphatic heterocycles. The van der Waals surface area contributed by atoms with Crippen LogP contribution >= 0.6 is 0 Å². The van der Waals surface area contributed by atoms with E-state index >= 15 is 0 Å². The Morgan fingerprint density at radius 2 is 1.81 bits per heavy atom. The fraction of sp³-hybridized carbons (Fsp3) is 0.609. The van der Waals surface area contributed by atoms with E-state index in [2.05, 4.69) is 4.99 Å². The van der Waals surface area contributed by atoms with Crippen molar-refractivity contribution in [3.8, 4) is 0 Å². The normalized spacial score (nSPS) is 19.4. The second kappa shape index (κ2) is 10.7. The van der Waals surface area contributed by atoms with E-state index < -0.39 is 17.4 Å². The highest BCUT2D eigenvalue weighted by Gasteiger charge is 2.31. The number of rotatable bonds is 4. The number of hydrogen-bond acceptors (Lipinski definition) is 7. The van der Waals surface area contributed by atoms with Gasteiger partial charge in [0.05, 0.1) is 6.61 Å². The lowest BCUT2D eigenvalue weighted by Crippen LogP contribution is -2.52. The van der Waals surface area contributed by atoms with Crippen molar-refractivity contribution in [3.05, 3.63) is 35.1 Å². The minimum absolute atomic E-state index is 0.145. The molecule has 1 amide bonds. The Kier molecular flexibility index (Phi) is 8.46. The maximum atomic E-state index is 14.9. The first-order valence-corrected chi connectivity index (χ1v) is 11.0. The first-order chi connectivity index (χ1) is 15.0. The van der Waals surface area contributed by atoms with Crippen LogP contribution in [0.25, 0.3) is 0 Å². The summed E-state index contributed by atoms with van der Waals surface area (Å²) in [5.41, 5.74) is 0.683. The second-order valence-electron chi connectivity index (χ2n) is 8.78. The highest BCUT2D eigenvalue weighted by Crippen LogP contribution is 2.25. The van der Waals surface area contributed by atoms with E-state index in [-0.39, 0.29) is 24.1 Å². The summed E-state index contributed by atoms with van der Waals surface area (Å²) >= 11 is 0. The fourth-order valence-electron chi connectivity index (χ4n) is 3.19. The van der Waals surface area contributed by atoms with E-state index in [4.69, 9.17) is 9.47 Å². The summed E-state index contributed by atoms with van der Waals surface area (Å²) in [6.45, 7) is 12.9.